The summed E-state index contributed by atoms with van der Waals surface area (Å²) in [4.78, 5) is 0. The third-order valence-electron chi connectivity index (χ3n) is 4.12. The molecule has 18 heavy (non-hydrogen) atoms. The van der Waals surface area contributed by atoms with Crippen LogP contribution in [0.3, 0.4) is 0 Å². The molecule has 1 aliphatic carbocycles. The first-order chi connectivity index (χ1) is 8.87. The molecule has 2 fully saturated rings. The van der Waals surface area contributed by atoms with E-state index in [9.17, 15) is 0 Å². The number of hydrogen-bond donors (Lipinski definition) is 1. The van der Waals surface area contributed by atoms with E-state index in [-0.39, 0.29) is 5.41 Å². The first kappa shape index (κ1) is 10.6. The van der Waals surface area contributed by atoms with Gasteiger partial charge in [-0.15, -0.1) is 0 Å². The molecule has 2 aromatic rings. The second-order valence-corrected chi connectivity index (χ2v) is 5.57. The van der Waals surface area contributed by atoms with E-state index in [2.05, 4.69) is 17.4 Å². The summed E-state index contributed by atoms with van der Waals surface area (Å²) in [6.07, 6.45) is 4.56. The minimum Gasteiger partial charge on any atom is -0.464 e. The molecule has 1 aromatic heterocycles. The molecule has 2 aliphatic rings. The van der Waals surface area contributed by atoms with Gasteiger partial charge < -0.3 is 14.5 Å². The predicted molar refractivity (Wildman–Crippen MR) is 69.7 cm³/mol. The fraction of sp³-hybridized carbons (Fsp3) is 0.467. The largest absolute Gasteiger partial charge is 0.464 e. The minimum atomic E-state index is 0.120. The van der Waals surface area contributed by atoms with E-state index in [4.69, 9.17) is 9.15 Å². The Kier molecular flexibility index (Phi) is 2.26. The van der Waals surface area contributed by atoms with E-state index >= 15 is 0 Å². The average molecular weight is 243 g/mol. The molecule has 0 bridgehead atoms. The lowest BCUT2D eigenvalue weighted by atomic mass is 9.78. The summed E-state index contributed by atoms with van der Waals surface area (Å²) in [5.41, 5.74) is 2.40. The molecule has 0 amide bonds. The van der Waals surface area contributed by atoms with Gasteiger partial charge in [0, 0.05) is 23.5 Å². The Morgan fingerprint density at radius 1 is 1.22 bits per heavy atom. The Hall–Kier alpha value is -1.32. The Bertz CT molecular complexity index is 567. The second kappa shape index (κ2) is 3.84. The van der Waals surface area contributed by atoms with Crippen LogP contribution in [-0.4, -0.2) is 25.8 Å². The van der Waals surface area contributed by atoms with Crippen LogP contribution in [0.2, 0.25) is 0 Å². The Balaban J connectivity index is 1.69. The van der Waals surface area contributed by atoms with E-state index in [1.807, 2.05) is 18.4 Å². The van der Waals surface area contributed by atoms with Crippen molar-refractivity contribution in [2.45, 2.75) is 24.3 Å². The molecule has 1 N–H and O–H groups in total. The summed E-state index contributed by atoms with van der Waals surface area (Å²) >= 11 is 0. The molecule has 0 spiro atoms. The van der Waals surface area contributed by atoms with Crippen molar-refractivity contribution in [1.29, 1.82) is 0 Å². The zero-order chi connectivity index (χ0) is 12.0. The van der Waals surface area contributed by atoms with Crippen LogP contribution >= 0.6 is 0 Å². The molecule has 94 valence electrons. The fourth-order valence-corrected chi connectivity index (χ4v) is 2.72. The lowest BCUT2D eigenvalue weighted by Gasteiger charge is -2.41. The highest BCUT2D eigenvalue weighted by molar-refractivity contribution is 5.82. The van der Waals surface area contributed by atoms with Gasteiger partial charge in [0.15, 0.2) is 0 Å². The van der Waals surface area contributed by atoms with Crippen LogP contribution < -0.4 is 5.32 Å². The molecule has 0 unspecified atom stereocenters. The van der Waals surface area contributed by atoms with Gasteiger partial charge in [0.1, 0.15) is 5.58 Å². The third kappa shape index (κ3) is 1.58. The Morgan fingerprint density at radius 2 is 2.06 bits per heavy atom. The molecule has 3 nitrogen and oxygen atoms in total. The number of rotatable bonds is 4. The zero-order valence-electron chi connectivity index (χ0n) is 10.3. The first-order valence-corrected chi connectivity index (χ1v) is 6.65. The van der Waals surface area contributed by atoms with Crippen LogP contribution in [0.15, 0.2) is 34.9 Å². The summed E-state index contributed by atoms with van der Waals surface area (Å²) in [6, 6.07) is 9.00. The van der Waals surface area contributed by atoms with Crippen molar-refractivity contribution in [3.05, 3.63) is 36.1 Å². The molecule has 3 heteroatoms. The average Bonchev–Trinajstić information content (AvgIpc) is 3.08. The van der Waals surface area contributed by atoms with Crippen LogP contribution in [0.5, 0.6) is 0 Å². The second-order valence-electron chi connectivity index (χ2n) is 5.57. The number of nitrogens with one attached hydrogen (secondary N) is 1. The van der Waals surface area contributed by atoms with Gasteiger partial charge in [0.05, 0.1) is 24.9 Å². The molecule has 0 atom stereocenters. The smallest absolute Gasteiger partial charge is 0.134 e. The van der Waals surface area contributed by atoms with Crippen molar-refractivity contribution in [1.82, 2.24) is 5.32 Å². The molecule has 2 heterocycles. The van der Waals surface area contributed by atoms with E-state index < -0.39 is 0 Å². The molecule has 1 saturated carbocycles. The number of benzene rings is 1. The molecule has 1 saturated heterocycles. The van der Waals surface area contributed by atoms with Crippen molar-refractivity contribution in [3.63, 3.8) is 0 Å². The van der Waals surface area contributed by atoms with Crippen LogP contribution in [0.25, 0.3) is 11.0 Å². The van der Waals surface area contributed by atoms with E-state index in [0.29, 0.717) is 0 Å². The summed E-state index contributed by atoms with van der Waals surface area (Å²) in [7, 11) is 0. The van der Waals surface area contributed by atoms with Gasteiger partial charge in [0.25, 0.3) is 0 Å². The lowest BCUT2D eigenvalue weighted by Crippen LogP contribution is -2.53. The third-order valence-corrected chi connectivity index (χ3v) is 4.12. The van der Waals surface area contributed by atoms with Crippen molar-refractivity contribution in [3.8, 4) is 0 Å². The van der Waals surface area contributed by atoms with Crippen molar-refractivity contribution >= 4 is 11.0 Å². The summed E-state index contributed by atoms with van der Waals surface area (Å²) in [6.45, 7) is 2.60. The quantitative estimate of drug-likeness (QED) is 0.895. The van der Waals surface area contributed by atoms with Gasteiger partial charge >= 0.3 is 0 Å². The molecule has 0 radical (unpaired) electrons. The maximum Gasteiger partial charge on any atom is 0.134 e. The van der Waals surface area contributed by atoms with Crippen molar-refractivity contribution in [2.75, 3.05) is 19.8 Å². The van der Waals surface area contributed by atoms with Gasteiger partial charge in [-0.2, -0.15) is 0 Å². The normalized spacial score (nSPS) is 22.0. The SMILES string of the molecule is c1ccc2c(C3(CNC4CC4)COC3)coc2c1. The highest BCUT2D eigenvalue weighted by atomic mass is 16.5. The van der Waals surface area contributed by atoms with Gasteiger partial charge in [0.2, 0.25) is 0 Å². The fourth-order valence-electron chi connectivity index (χ4n) is 2.72. The van der Waals surface area contributed by atoms with Crippen LogP contribution in [0, 0.1) is 0 Å². The number of para-hydroxylation sites is 1. The molecular weight excluding hydrogens is 226 g/mol. The number of fused-ring (bicyclic) bond motifs is 1. The Morgan fingerprint density at radius 3 is 2.78 bits per heavy atom. The van der Waals surface area contributed by atoms with Crippen LogP contribution in [-0.2, 0) is 10.2 Å². The van der Waals surface area contributed by atoms with Gasteiger partial charge in [-0.05, 0) is 18.9 Å². The van der Waals surface area contributed by atoms with Crippen molar-refractivity contribution < 1.29 is 9.15 Å². The van der Waals surface area contributed by atoms with Gasteiger partial charge in [-0.3, -0.25) is 0 Å². The highest BCUT2D eigenvalue weighted by Gasteiger charge is 2.43. The van der Waals surface area contributed by atoms with Gasteiger partial charge in [-0.1, -0.05) is 18.2 Å². The van der Waals surface area contributed by atoms with E-state index in [1.54, 1.807) is 0 Å². The topological polar surface area (TPSA) is 34.4 Å². The van der Waals surface area contributed by atoms with Crippen molar-refractivity contribution in [2.24, 2.45) is 0 Å². The van der Waals surface area contributed by atoms with Crippen LogP contribution in [0.1, 0.15) is 18.4 Å². The summed E-state index contributed by atoms with van der Waals surface area (Å²) in [5.74, 6) is 0. The summed E-state index contributed by atoms with van der Waals surface area (Å²) in [5, 5.41) is 4.87. The van der Waals surface area contributed by atoms with E-state index in [0.717, 1.165) is 31.4 Å². The summed E-state index contributed by atoms with van der Waals surface area (Å²) < 4.78 is 11.2. The monoisotopic (exact) mass is 243 g/mol. The number of ether oxygens (including phenoxy) is 1. The molecule has 1 aromatic carbocycles. The Labute approximate surface area is 106 Å². The molecule has 1 aliphatic heterocycles. The lowest BCUT2D eigenvalue weighted by molar-refractivity contribution is -0.0587. The minimum absolute atomic E-state index is 0.120. The number of hydrogen-bond acceptors (Lipinski definition) is 3. The zero-order valence-corrected chi connectivity index (χ0v) is 10.3. The maximum absolute atomic E-state index is 5.67. The first-order valence-electron chi connectivity index (χ1n) is 6.65. The highest BCUT2D eigenvalue weighted by Crippen LogP contribution is 2.38. The van der Waals surface area contributed by atoms with Crippen LogP contribution in [0.4, 0.5) is 0 Å². The maximum atomic E-state index is 5.67. The van der Waals surface area contributed by atoms with Gasteiger partial charge in [-0.25, -0.2) is 0 Å². The molecular formula is C15H17NO2. The molecule has 4 rings (SSSR count). The van der Waals surface area contributed by atoms with E-state index in [1.165, 1.54) is 23.8 Å². The number of furan rings is 1. The standard InChI is InChI=1S/C15H17NO2/c1-2-4-14-12(3-1)13(7-18-14)15(9-17-10-15)8-16-11-5-6-11/h1-4,7,11,16H,5-6,8-10H2. The predicted octanol–water partition coefficient (Wildman–Crippen LogP) is 2.45.